The minimum atomic E-state index is -0.539. The third-order valence-electron chi connectivity index (χ3n) is 4.23. The molecule has 0 spiro atoms. The number of methoxy groups -OCH3 is 2. The number of amides is 2. The first-order valence-electron chi connectivity index (χ1n) is 9.62. The molecule has 12 heteroatoms. The Morgan fingerprint density at radius 1 is 0.800 bits per heavy atom. The number of rotatable bonds is 14. The third-order valence-corrected chi connectivity index (χ3v) is 4.23. The van der Waals surface area contributed by atoms with Crippen molar-refractivity contribution < 1.29 is 29.3 Å². The van der Waals surface area contributed by atoms with Crippen molar-refractivity contribution in [3.05, 3.63) is 11.4 Å². The SMILES string of the molecule is COCCN(CCOC)C(=O)c1nc(N)c(C(=O)N(CCCO)CCCO)nc1N. The summed E-state index contributed by atoms with van der Waals surface area (Å²) in [5.41, 5.74) is 11.5. The maximum absolute atomic E-state index is 12.9. The van der Waals surface area contributed by atoms with E-state index >= 15 is 0 Å². The van der Waals surface area contributed by atoms with E-state index in [1.165, 1.54) is 24.0 Å². The smallest absolute Gasteiger partial charge is 0.276 e. The molecule has 0 aromatic carbocycles. The second-order valence-electron chi connectivity index (χ2n) is 6.42. The fourth-order valence-corrected chi connectivity index (χ4v) is 2.63. The van der Waals surface area contributed by atoms with Crippen molar-refractivity contribution in [1.29, 1.82) is 0 Å². The molecule has 0 aliphatic rings. The van der Waals surface area contributed by atoms with Gasteiger partial charge in [0, 0.05) is 53.6 Å². The number of nitrogens with two attached hydrogens (primary N) is 2. The Hall–Kier alpha value is -2.54. The standard InChI is InChI=1S/C18H32N6O6/c1-29-11-7-24(8-12-30-2)18(28)14-16(20)21-13(15(19)22-14)17(27)23(5-3-9-25)6-4-10-26/h25-26H,3-12H2,1-2H3,(H2,19,22)(H2,20,21). The Labute approximate surface area is 175 Å². The number of hydrogen-bond donors (Lipinski definition) is 4. The fraction of sp³-hybridized carbons (Fsp3) is 0.667. The zero-order valence-corrected chi connectivity index (χ0v) is 17.5. The summed E-state index contributed by atoms with van der Waals surface area (Å²) in [5, 5.41) is 18.1. The Morgan fingerprint density at radius 2 is 1.17 bits per heavy atom. The molecule has 6 N–H and O–H groups in total. The molecule has 0 radical (unpaired) electrons. The normalized spacial score (nSPS) is 10.8. The molecule has 2 amide bonds. The lowest BCUT2D eigenvalue weighted by atomic mass is 10.2. The van der Waals surface area contributed by atoms with E-state index < -0.39 is 11.8 Å². The number of carbonyl (C=O) groups is 2. The number of aliphatic hydroxyl groups is 2. The zero-order chi connectivity index (χ0) is 22.5. The van der Waals surface area contributed by atoms with Crippen LogP contribution < -0.4 is 11.5 Å². The molecular formula is C18H32N6O6. The van der Waals surface area contributed by atoms with Gasteiger partial charge in [-0.1, -0.05) is 0 Å². The average molecular weight is 428 g/mol. The van der Waals surface area contributed by atoms with Gasteiger partial charge in [0.25, 0.3) is 11.8 Å². The Balaban J connectivity index is 3.13. The molecule has 1 heterocycles. The molecule has 1 aromatic heterocycles. The van der Waals surface area contributed by atoms with Gasteiger partial charge in [-0.25, -0.2) is 9.97 Å². The summed E-state index contributed by atoms with van der Waals surface area (Å²) in [6.07, 6.45) is 0.703. The largest absolute Gasteiger partial charge is 0.396 e. The molecule has 0 fully saturated rings. The van der Waals surface area contributed by atoms with Crippen molar-refractivity contribution in [2.45, 2.75) is 12.8 Å². The molecule has 12 nitrogen and oxygen atoms in total. The lowest BCUT2D eigenvalue weighted by Crippen LogP contribution is -2.38. The van der Waals surface area contributed by atoms with E-state index in [0.717, 1.165) is 0 Å². The number of aromatic nitrogens is 2. The monoisotopic (exact) mass is 428 g/mol. The van der Waals surface area contributed by atoms with Crippen LogP contribution in [0.15, 0.2) is 0 Å². The van der Waals surface area contributed by atoms with Crippen LogP contribution in [0, 0.1) is 0 Å². The van der Waals surface area contributed by atoms with Crippen LogP contribution in [0.4, 0.5) is 11.6 Å². The summed E-state index contributed by atoms with van der Waals surface area (Å²) in [4.78, 5) is 36.6. The quantitative estimate of drug-likeness (QED) is 0.275. The second kappa shape index (κ2) is 13.6. The molecular weight excluding hydrogens is 396 g/mol. The molecule has 1 rings (SSSR count). The second-order valence-corrected chi connectivity index (χ2v) is 6.42. The Morgan fingerprint density at radius 3 is 1.50 bits per heavy atom. The van der Waals surface area contributed by atoms with Gasteiger partial charge < -0.3 is 41.0 Å². The molecule has 30 heavy (non-hydrogen) atoms. The van der Waals surface area contributed by atoms with E-state index in [1.807, 2.05) is 0 Å². The number of nitrogen functional groups attached to an aromatic ring is 2. The lowest BCUT2D eigenvalue weighted by Gasteiger charge is -2.24. The molecule has 0 bridgehead atoms. The van der Waals surface area contributed by atoms with Gasteiger partial charge in [-0.3, -0.25) is 9.59 Å². The first-order valence-corrected chi connectivity index (χ1v) is 9.62. The highest BCUT2D eigenvalue weighted by Gasteiger charge is 2.26. The van der Waals surface area contributed by atoms with Gasteiger partial charge in [0.2, 0.25) is 0 Å². The van der Waals surface area contributed by atoms with Crippen LogP contribution in [0.3, 0.4) is 0 Å². The Bertz CT molecular complexity index is 616. The number of anilines is 2. The van der Waals surface area contributed by atoms with Crippen LogP contribution in [-0.4, -0.2) is 109 Å². The minimum Gasteiger partial charge on any atom is -0.396 e. The van der Waals surface area contributed by atoms with Crippen molar-refractivity contribution in [1.82, 2.24) is 19.8 Å². The van der Waals surface area contributed by atoms with Gasteiger partial charge in [0.1, 0.15) is 0 Å². The molecule has 170 valence electrons. The molecule has 0 saturated heterocycles. The van der Waals surface area contributed by atoms with Crippen LogP contribution in [0.1, 0.15) is 33.8 Å². The highest BCUT2D eigenvalue weighted by atomic mass is 16.5. The van der Waals surface area contributed by atoms with Gasteiger partial charge in [0.15, 0.2) is 23.0 Å². The topological polar surface area (TPSA) is 177 Å². The summed E-state index contributed by atoms with van der Waals surface area (Å²) >= 11 is 0. The van der Waals surface area contributed by atoms with Crippen molar-refractivity contribution in [3.63, 3.8) is 0 Å². The highest BCUT2D eigenvalue weighted by molar-refractivity contribution is 6.00. The van der Waals surface area contributed by atoms with E-state index in [2.05, 4.69) is 9.97 Å². The minimum absolute atomic E-state index is 0.0988. The lowest BCUT2D eigenvalue weighted by molar-refractivity contribution is 0.0621. The number of hydrogen-bond acceptors (Lipinski definition) is 10. The Kier molecular flexibility index (Phi) is 11.6. The first-order chi connectivity index (χ1) is 14.4. The van der Waals surface area contributed by atoms with Crippen molar-refractivity contribution >= 4 is 23.5 Å². The number of aliphatic hydroxyl groups excluding tert-OH is 2. The number of nitrogens with zero attached hydrogens (tertiary/aromatic N) is 4. The average Bonchev–Trinajstić information content (AvgIpc) is 2.74. The predicted molar refractivity (Wildman–Crippen MR) is 110 cm³/mol. The molecule has 0 aliphatic heterocycles. The maximum Gasteiger partial charge on any atom is 0.276 e. The molecule has 0 atom stereocenters. The molecule has 0 saturated carbocycles. The predicted octanol–water partition coefficient (Wildman–Crippen LogP) is -1.42. The van der Waals surface area contributed by atoms with Crippen LogP contribution in [0.5, 0.6) is 0 Å². The third kappa shape index (κ3) is 7.37. The highest BCUT2D eigenvalue weighted by Crippen LogP contribution is 2.17. The molecule has 0 aliphatic carbocycles. The summed E-state index contributed by atoms with van der Waals surface area (Å²) in [5.74, 6) is -1.49. The van der Waals surface area contributed by atoms with E-state index in [1.54, 1.807) is 0 Å². The molecule has 0 unspecified atom stereocenters. The van der Waals surface area contributed by atoms with Gasteiger partial charge >= 0.3 is 0 Å². The number of carbonyl (C=O) groups excluding carboxylic acids is 2. The van der Waals surface area contributed by atoms with Crippen molar-refractivity contribution in [3.8, 4) is 0 Å². The fourth-order valence-electron chi connectivity index (χ4n) is 2.63. The van der Waals surface area contributed by atoms with Gasteiger partial charge in [-0.2, -0.15) is 0 Å². The van der Waals surface area contributed by atoms with Crippen LogP contribution in [0.2, 0.25) is 0 Å². The van der Waals surface area contributed by atoms with E-state index in [-0.39, 0.29) is 62.4 Å². The van der Waals surface area contributed by atoms with Crippen LogP contribution in [-0.2, 0) is 9.47 Å². The van der Waals surface area contributed by atoms with Gasteiger partial charge in [0.05, 0.1) is 13.2 Å². The summed E-state index contributed by atoms with van der Waals surface area (Å²) in [7, 11) is 3.04. The van der Waals surface area contributed by atoms with Crippen molar-refractivity contribution in [2.24, 2.45) is 0 Å². The summed E-state index contributed by atoms with van der Waals surface area (Å²) in [6.45, 7) is 1.49. The summed E-state index contributed by atoms with van der Waals surface area (Å²) in [6, 6.07) is 0. The number of ether oxygens (including phenoxy) is 2. The van der Waals surface area contributed by atoms with E-state index in [9.17, 15) is 9.59 Å². The van der Waals surface area contributed by atoms with Gasteiger partial charge in [-0.05, 0) is 12.8 Å². The zero-order valence-electron chi connectivity index (χ0n) is 17.5. The molecule has 1 aromatic rings. The van der Waals surface area contributed by atoms with E-state index in [4.69, 9.17) is 31.2 Å². The maximum atomic E-state index is 12.9. The van der Waals surface area contributed by atoms with Gasteiger partial charge in [-0.15, -0.1) is 0 Å². The van der Waals surface area contributed by atoms with Crippen LogP contribution in [0.25, 0.3) is 0 Å². The first kappa shape index (κ1) is 25.5. The summed E-state index contributed by atoms with van der Waals surface area (Å²) < 4.78 is 10.0. The van der Waals surface area contributed by atoms with E-state index in [0.29, 0.717) is 26.1 Å². The van der Waals surface area contributed by atoms with Crippen LogP contribution >= 0.6 is 0 Å². The van der Waals surface area contributed by atoms with Crippen molar-refractivity contribution in [2.75, 3.05) is 78.3 Å².